The number of rotatable bonds is 5. The monoisotopic (exact) mass is 280 g/mol. The molecule has 0 amide bonds. The van der Waals surface area contributed by atoms with Crippen LogP contribution in [0.25, 0.3) is 0 Å². The summed E-state index contributed by atoms with van der Waals surface area (Å²) in [6.45, 7) is 7.57. The van der Waals surface area contributed by atoms with Crippen LogP contribution in [0.1, 0.15) is 30.9 Å². The van der Waals surface area contributed by atoms with Crippen molar-refractivity contribution in [3.05, 3.63) is 65.7 Å². The van der Waals surface area contributed by atoms with E-state index in [1.165, 1.54) is 16.8 Å². The molecule has 0 unspecified atom stereocenters. The van der Waals surface area contributed by atoms with E-state index in [2.05, 4.69) is 78.7 Å². The standard InChI is InChI=1S/C19H24N2/c1-15(2)20-12-16-8-10-19(11-9-16)21-13-18(14-21)17-6-4-3-5-7-17/h3-11,15,18,20H,12-14H2,1-2H3. The Labute approximate surface area is 127 Å². The van der Waals surface area contributed by atoms with Crippen LogP contribution in [0.3, 0.4) is 0 Å². The predicted octanol–water partition coefficient (Wildman–Crippen LogP) is 3.79. The van der Waals surface area contributed by atoms with E-state index in [9.17, 15) is 0 Å². The van der Waals surface area contributed by atoms with Gasteiger partial charge in [-0.05, 0) is 23.3 Å². The first-order valence-corrected chi connectivity index (χ1v) is 7.84. The summed E-state index contributed by atoms with van der Waals surface area (Å²) in [5, 5.41) is 3.45. The zero-order chi connectivity index (χ0) is 14.7. The Hall–Kier alpha value is -1.80. The Kier molecular flexibility index (Phi) is 4.26. The third-order valence-electron chi connectivity index (χ3n) is 4.17. The third-order valence-corrected chi connectivity index (χ3v) is 4.17. The Balaban J connectivity index is 1.55. The Morgan fingerprint density at radius 2 is 1.67 bits per heavy atom. The van der Waals surface area contributed by atoms with Gasteiger partial charge >= 0.3 is 0 Å². The molecule has 1 heterocycles. The molecule has 2 aromatic carbocycles. The van der Waals surface area contributed by atoms with Gasteiger partial charge in [0, 0.05) is 37.3 Å². The van der Waals surface area contributed by atoms with Crippen molar-refractivity contribution in [2.24, 2.45) is 0 Å². The third kappa shape index (κ3) is 3.45. The van der Waals surface area contributed by atoms with Gasteiger partial charge in [0.05, 0.1) is 0 Å². The molecule has 0 bridgehead atoms. The number of hydrogen-bond donors (Lipinski definition) is 1. The number of benzene rings is 2. The first kappa shape index (κ1) is 14.2. The molecule has 1 fully saturated rings. The normalized spacial score (nSPS) is 15.3. The lowest BCUT2D eigenvalue weighted by molar-refractivity contribution is 0.525. The zero-order valence-electron chi connectivity index (χ0n) is 12.9. The molecule has 3 rings (SSSR count). The second-order valence-electron chi connectivity index (χ2n) is 6.21. The molecule has 21 heavy (non-hydrogen) atoms. The second-order valence-corrected chi connectivity index (χ2v) is 6.21. The van der Waals surface area contributed by atoms with Crippen LogP contribution in [0.15, 0.2) is 54.6 Å². The maximum Gasteiger partial charge on any atom is 0.0366 e. The Bertz CT molecular complexity index is 554. The molecule has 0 radical (unpaired) electrons. The fourth-order valence-corrected chi connectivity index (χ4v) is 2.77. The minimum Gasteiger partial charge on any atom is -0.370 e. The predicted molar refractivity (Wildman–Crippen MR) is 89.8 cm³/mol. The van der Waals surface area contributed by atoms with E-state index in [0.717, 1.165) is 19.6 Å². The van der Waals surface area contributed by atoms with Crippen molar-refractivity contribution >= 4 is 5.69 Å². The van der Waals surface area contributed by atoms with Crippen LogP contribution >= 0.6 is 0 Å². The molecule has 2 aromatic rings. The first-order chi connectivity index (χ1) is 10.2. The lowest BCUT2D eigenvalue weighted by Gasteiger charge is -2.41. The van der Waals surface area contributed by atoms with Gasteiger partial charge in [0.15, 0.2) is 0 Å². The fourth-order valence-electron chi connectivity index (χ4n) is 2.77. The molecule has 1 aliphatic rings. The van der Waals surface area contributed by atoms with Gasteiger partial charge < -0.3 is 10.2 Å². The quantitative estimate of drug-likeness (QED) is 0.896. The molecule has 1 saturated heterocycles. The zero-order valence-corrected chi connectivity index (χ0v) is 12.9. The number of anilines is 1. The van der Waals surface area contributed by atoms with Crippen molar-refractivity contribution in [3.8, 4) is 0 Å². The van der Waals surface area contributed by atoms with Gasteiger partial charge in [-0.1, -0.05) is 56.3 Å². The van der Waals surface area contributed by atoms with E-state index in [0.29, 0.717) is 12.0 Å². The lowest BCUT2D eigenvalue weighted by atomic mass is 9.91. The minimum absolute atomic E-state index is 0.534. The van der Waals surface area contributed by atoms with Crippen LogP contribution in [0.5, 0.6) is 0 Å². The van der Waals surface area contributed by atoms with Gasteiger partial charge in [0.1, 0.15) is 0 Å². The van der Waals surface area contributed by atoms with Gasteiger partial charge in [-0.3, -0.25) is 0 Å². The molecule has 110 valence electrons. The molecule has 2 heteroatoms. The molecule has 1 N–H and O–H groups in total. The Morgan fingerprint density at radius 1 is 1.00 bits per heavy atom. The average Bonchev–Trinajstić information content (AvgIpc) is 2.46. The maximum atomic E-state index is 3.45. The van der Waals surface area contributed by atoms with Crippen LogP contribution < -0.4 is 10.2 Å². The van der Waals surface area contributed by atoms with Crippen LogP contribution in [0.4, 0.5) is 5.69 Å². The molecule has 1 aliphatic heterocycles. The summed E-state index contributed by atoms with van der Waals surface area (Å²) in [7, 11) is 0. The molecule has 0 saturated carbocycles. The molecular formula is C19H24N2. The van der Waals surface area contributed by atoms with E-state index >= 15 is 0 Å². The highest BCUT2D eigenvalue weighted by atomic mass is 15.2. The molecule has 2 nitrogen and oxygen atoms in total. The summed E-state index contributed by atoms with van der Waals surface area (Å²) in [6, 6.07) is 20.3. The molecule has 0 atom stereocenters. The summed E-state index contributed by atoms with van der Waals surface area (Å²) in [4.78, 5) is 2.46. The van der Waals surface area contributed by atoms with Gasteiger partial charge in [0.25, 0.3) is 0 Å². The van der Waals surface area contributed by atoms with Gasteiger partial charge in [-0.25, -0.2) is 0 Å². The van der Waals surface area contributed by atoms with E-state index in [1.54, 1.807) is 0 Å². The van der Waals surface area contributed by atoms with E-state index in [1.807, 2.05) is 0 Å². The minimum atomic E-state index is 0.534. The van der Waals surface area contributed by atoms with Gasteiger partial charge in [0.2, 0.25) is 0 Å². The summed E-state index contributed by atoms with van der Waals surface area (Å²) in [5.74, 6) is 0.688. The molecule has 0 aromatic heterocycles. The SMILES string of the molecule is CC(C)NCc1ccc(N2CC(c3ccccc3)C2)cc1. The summed E-state index contributed by atoms with van der Waals surface area (Å²) >= 11 is 0. The topological polar surface area (TPSA) is 15.3 Å². The number of nitrogens with zero attached hydrogens (tertiary/aromatic N) is 1. The maximum absolute atomic E-state index is 3.45. The largest absolute Gasteiger partial charge is 0.370 e. The van der Waals surface area contributed by atoms with Gasteiger partial charge in [-0.15, -0.1) is 0 Å². The van der Waals surface area contributed by atoms with Crippen LogP contribution in [-0.4, -0.2) is 19.1 Å². The van der Waals surface area contributed by atoms with Crippen LogP contribution in [0.2, 0.25) is 0 Å². The summed E-state index contributed by atoms with van der Waals surface area (Å²) in [6.07, 6.45) is 0. The molecular weight excluding hydrogens is 256 g/mol. The van der Waals surface area contributed by atoms with Crippen molar-refractivity contribution in [2.75, 3.05) is 18.0 Å². The van der Waals surface area contributed by atoms with Gasteiger partial charge in [-0.2, -0.15) is 0 Å². The highest BCUT2D eigenvalue weighted by Gasteiger charge is 2.27. The number of hydrogen-bond acceptors (Lipinski definition) is 2. The Morgan fingerprint density at radius 3 is 2.29 bits per heavy atom. The van der Waals surface area contributed by atoms with Crippen molar-refractivity contribution < 1.29 is 0 Å². The molecule has 0 spiro atoms. The highest BCUT2D eigenvalue weighted by molar-refractivity contribution is 5.51. The average molecular weight is 280 g/mol. The van der Waals surface area contributed by atoms with E-state index in [4.69, 9.17) is 0 Å². The van der Waals surface area contributed by atoms with Crippen molar-refractivity contribution in [1.29, 1.82) is 0 Å². The van der Waals surface area contributed by atoms with E-state index in [-0.39, 0.29) is 0 Å². The summed E-state index contributed by atoms with van der Waals surface area (Å²) < 4.78 is 0. The van der Waals surface area contributed by atoms with Crippen molar-refractivity contribution in [1.82, 2.24) is 5.32 Å². The number of nitrogens with one attached hydrogen (secondary N) is 1. The summed E-state index contributed by atoms with van der Waals surface area (Å²) in [5.41, 5.74) is 4.16. The fraction of sp³-hybridized carbons (Fsp3) is 0.368. The van der Waals surface area contributed by atoms with Crippen molar-refractivity contribution in [2.45, 2.75) is 32.4 Å². The molecule has 0 aliphatic carbocycles. The van der Waals surface area contributed by atoms with Crippen molar-refractivity contribution in [3.63, 3.8) is 0 Å². The van der Waals surface area contributed by atoms with Crippen LogP contribution in [0, 0.1) is 0 Å². The first-order valence-electron chi connectivity index (χ1n) is 7.84. The smallest absolute Gasteiger partial charge is 0.0366 e. The van der Waals surface area contributed by atoms with Crippen LogP contribution in [-0.2, 0) is 6.54 Å². The lowest BCUT2D eigenvalue weighted by Crippen LogP contribution is -2.45. The highest BCUT2D eigenvalue weighted by Crippen LogP contribution is 2.31. The van der Waals surface area contributed by atoms with E-state index < -0.39 is 0 Å². The second kappa shape index (κ2) is 6.31.